The third-order valence-electron chi connectivity index (χ3n) is 2.42. The molecular formula is C12H12BrClN2S. The van der Waals surface area contributed by atoms with Crippen molar-refractivity contribution in [2.45, 2.75) is 6.54 Å². The number of nitrogen functional groups attached to an aromatic ring is 1. The van der Waals surface area contributed by atoms with Gasteiger partial charge in [-0.1, -0.05) is 11.6 Å². The van der Waals surface area contributed by atoms with Crippen LogP contribution in [0.4, 0.5) is 11.4 Å². The van der Waals surface area contributed by atoms with Crippen LogP contribution in [-0.4, -0.2) is 7.05 Å². The van der Waals surface area contributed by atoms with Crippen LogP contribution in [0.25, 0.3) is 0 Å². The van der Waals surface area contributed by atoms with Crippen LogP contribution in [0.3, 0.4) is 0 Å². The Morgan fingerprint density at radius 2 is 2.18 bits per heavy atom. The Morgan fingerprint density at radius 1 is 1.41 bits per heavy atom. The van der Waals surface area contributed by atoms with Crippen molar-refractivity contribution in [2.24, 2.45) is 0 Å². The van der Waals surface area contributed by atoms with Crippen LogP contribution < -0.4 is 10.6 Å². The first-order chi connectivity index (χ1) is 8.06. The topological polar surface area (TPSA) is 29.3 Å². The molecule has 0 bridgehead atoms. The Labute approximate surface area is 118 Å². The Hall–Kier alpha value is -0.710. The Bertz CT molecular complexity index is 527. The molecule has 0 fully saturated rings. The molecule has 1 aromatic carbocycles. The molecule has 0 aliphatic heterocycles. The fraction of sp³-hybridized carbons (Fsp3) is 0.167. The van der Waals surface area contributed by atoms with Gasteiger partial charge in [0.2, 0.25) is 0 Å². The molecule has 2 nitrogen and oxygen atoms in total. The number of nitrogens with zero attached hydrogens (tertiary/aromatic N) is 1. The van der Waals surface area contributed by atoms with E-state index in [-0.39, 0.29) is 0 Å². The summed E-state index contributed by atoms with van der Waals surface area (Å²) in [6, 6.07) is 7.69. The van der Waals surface area contributed by atoms with E-state index in [4.69, 9.17) is 17.3 Å². The van der Waals surface area contributed by atoms with Gasteiger partial charge in [0.25, 0.3) is 0 Å². The second-order valence-corrected chi connectivity index (χ2v) is 6.14. The lowest BCUT2D eigenvalue weighted by atomic mass is 10.2. The van der Waals surface area contributed by atoms with Gasteiger partial charge >= 0.3 is 0 Å². The Kier molecular flexibility index (Phi) is 3.97. The summed E-state index contributed by atoms with van der Waals surface area (Å²) in [7, 11) is 2.02. The highest BCUT2D eigenvalue weighted by Crippen LogP contribution is 2.28. The van der Waals surface area contributed by atoms with Gasteiger partial charge in [0.05, 0.1) is 17.9 Å². The van der Waals surface area contributed by atoms with Crippen LogP contribution in [0.2, 0.25) is 5.02 Å². The number of rotatable bonds is 3. The summed E-state index contributed by atoms with van der Waals surface area (Å²) in [5.41, 5.74) is 7.65. The van der Waals surface area contributed by atoms with Gasteiger partial charge in [0.1, 0.15) is 0 Å². The van der Waals surface area contributed by atoms with Crippen molar-refractivity contribution >= 4 is 50.2 Å². The minimum Gasteiger partial charge on any atom is -0.397 e. The van der Waals surface area contributed by atoms with E-state index in [9.17, 15) is 0 Å². The first-order valence-electron chi connectivity index (χ1n) is 5.05. The average molecular weight is 332 g/mol. The molecule has 2 aromatic rings. The average Bonchev–Trinajstić information content (AvgIpc) is 2.63. The molecule has 2 N–H and O–H groups in total. The van der Waals surface area contributed by atoms with Gasteiger partial charge in [0.15, 0.2) is 0 Å². The molecule has 0 radical (unpaired) electrons. The van der Waals surface area contributed by atoms with E-state index < -0.39 is 0 Å². The minimum absolute atomic E-state index is 0.665. The first-order valence-corrected chi connectivity index (χ1v) is 7.10. The molecule has 1 aromatic heterocycles. The number of benzene rings is 1. The normalized spacial score (nSPS) is 10.5. The van der Waals surface area contributed by atoms with Gasteiger partial charge < -0.3 is 10.6 Å². The lowest BCUT2D eigenvalue weighted by Gasteiger charge is -2.20. The molecule has 0 aliphatic rings. The van der Waals surface area contributed by atoms with E-state index in [1.54, 1.807) is 17.4 Å². The molecule has 0 saturated heterocycles. The van der Waals surface area contributed by atoms with E-state index in [1.165, 1.54) is 4.88 Å². The molecule has 17 heavy (non-hydrogen) atoms. The smallest absolute Gasteiger partial charge is 0.0601 e. The zero-order valence-corrected chi connectivity index (χ0v) is 12.4. The summed E-state index contributed by atoms with van der Waals surface area (Å²) >= 11 is 11.1. The largest absolute Gasteiger partial charge is 0.397 e. The third kappa shape index (κ3) is 3.15. The summed E-state index contributed by atoms with van der Waals surface area (Å²) in [6.07, 6.45) is 0. The number of hydrogen-bond acceptors (Lipinski definition) is 3. The lowest BCUT2D eigenvalue weighted by Crippen LogP contribution is -2.16. The van der Waals surface area contributed by atoms with Crippen LogP contribution in [0.5, 0.6) is 0 Å². The van der Waals surface area contributed by atoms with Crippen LogP contribution in [-0.2, 0) is 6.54 Å². The van der Waals surface area contributed by atoms with Crippen molar-refractivity contribution in [3.05, 3.63) is 44.0 Å². The second-order valence-electron chi connectivity index (χ2n) is 3.79. The van der Waals surface area contributed by atoms with Crippen molar-refractivity contribution in [3.8, 4) is 0 Å². The molecule has 2 rings (SSSR count). The van der Waals surface area contributed by atoms with Gasteiger partial charge in [0, 0.05) is 26.8 Å². The van der Waals surface area contributed by atoms with E-state index in [1.807, 2.05) is 19.2 Å². The fourth-order valence-corrected chi connectivity index (χ4v) is 3.31. The van der Waals surface area contributed by atoms with Crippen LogP contribution >= 0.6 is 38.9 Å². The van der Waals surface area contributed by atoms with E-state index in [0.29, 0.717) is 10.7 Å². The third-order valence-corrected chi connectivity index (χ3v) is 4.33. The maximum atomic E-state index is 5.95. The maximum absolute atomic E-state index is 5.95. The monoisotopic (exact) mass is 330 g/mol. The first kappa shape index (κ1) is 12.7. The van der Waals surface area contributed by atoms with Crippen molar-refractivity contribution in [2.75, 3.05) is 17.7 Å². The van der Waals surface area contributed by atoms with Crippen molar-refractivity contribution < 1.29 is 0 Å². The highest BCUT2D eigenvalue weighted by Gasteiger charge is 2.07. The van der Waals surface area contributed by atoms with Gasteiger partial charge in [-0.05, 0) is 40.2 Å². The van der Waals surface area contributed by atoms with Crippen LogP contribution in [0, 0.1) is 0 Å². The summed E-state index contributed by atoms with van der Waals surface area (Å²) in [5, 5.41) is 2.74. The molecule has 0 aliphatic carbocycles. The lowest BCUT2D eigenvalue weighted by molar-refractivity contribution is 0.942. The van der Waals surface area contributed by atoms with Crippen molar-refractivity contribution in [1.29, 1.82) is 0 Å². The second kappa shape index (κ2) is 5.29. The highest BCUT2D eigenvalue weighted by molar-refractivity contribution is 9.10. The maximum Gasteiger partial charge on any atom is 0.0601 e. The molecule has 0 spiro atoms. The number of nitrogens with two attached hydrogens (primary N) is 1. The fourth-order valence-electron chi connectivity index (χ4n) is 1.63. The van der Waals surface area contributed by atoms with Crippen molar-refractivity contribution in [1.82, 2.24) is 0 Å². The van der Waals surface area contributed by atoms with Crippen LogP contribution in [0.1, 0.15) is 4.88 Å². The Balaban J connectivity index is 2.17. The van der Waals surface area contributed by atoms with Gasteiger partial charge in [-0.3, -0.25) is 0 Å². The zero-order valence-electron chi connectivity index (χ0n) is 9.28. The predicted octanol–water partition coefficient (Wildman–Crippen LogP) is 4.38. The van der Waals surface area contributed by atoms with E-state index in [0.717, 1.165) is 16.7 Å². The number of thiophene rings is 1. The van der Waals surface area contributed by atoms with E-state index in [2.05, 4.69) is 32.3 Å². The summed E-state index contributed by atoms with van der Waals surface area (Å²) in [5.74, 6) is 0. The SMILES string of the molecule is CN(Cc1cc(Br)cs1)c1ccc(Cl)cc1N. The molecular weight excluding hydrogens is 320 g/mol. The predicted molar refractivity (Wildman–Crippen MR) is 80.0 cm³/mol. The quantitative estimate of drug-likeness (QED) is 0.846. The summed E-state index contributed by atoms with van der Waals surface area (Å²) in [4.78, 5) is 3.40. The number of halogens is 2. The summed E-state index contributed by atoms with van der Waals surface area (Å²) in [6.45, 7) is 0.835. The molecule has 0 unspecified atom stereocenters. The standard InChI is InChI=1S/C12H12BrClN2S/c1-16(6-10-4-8(13)7-17-10)12-3-2-9(14)5-11(12)15/h2-5,7H,6,15H2,1H3. The highest BCUT2D eigenvalue weighted by atomic mass is 79.9. The van der Waals surface area contributed by atoms with E-state index >= 15 is 0 Å². The van der Waals surface area contributed by atoms with Crippen molar-refractivity contribution in [3.63, 3.8) is 0 Å². The molecule has 0 atom stereocenters. The summed E-state index contributed by atoms with van der Waals surface area (Å²) < 4.78 is 1.12. The minimum atomic E-state index is 0.665. The van der Waals surface area contributed by atoms with Crippen LogP contribution in [0.15, 0.2) is 34.1 Å². The Morgan fingerprint density at radius 3 is 2.76 bits per heavy atom. The molecule has 90 valence electrons. The zero-order chi connectivity index (χ0) is 12.4. The molecule has 5 heteroatoms. The van der Waals surface area contributed by atoms with Gasteiger partial charge in [-0.25, -0.2) is 0 Å². The molecule has 0 amide bonds. The molecule has 1 heterocycles. The molecule has 0 saturated carbocycles. The number of hydrogen-bond donors (Lipinski definition) is 1. The number of anilines is 2. The van der Waals surface area contributed by atoms with Gasteiger partial charge in [-0.15, -0.1) is 11.3 Å². The van der Waals surface area contributed by atoms with Gasteiger partial charge in [-0.2, -0.15) is 0 Å².